The third kappa shape index (κ3) is 1.41. The van der Waals surface area contributed by atoms with Gasteiger partial charge in [0.2, 0.25) is 0 Å². The van der Waals surface area contributed by atoms with Gasteiger partial charge in [0.05, 0.1) is 0 Å². The van der Waals surface area contributed by atoms with Crippen molar-refractivity contribution in [3.05, 3.63) is 42.0 Å². The lowest BCUT2D eigenvalue weighted by Crippen LogP contribution is -1.92. The molecule has 2 aromatic rings. The standard InChI is InChI=1S/C11H11FN2/c1-8-7-9(3-4-10(8)12)11-13-5-6-14(11)2/h3-7H,1-2H3. The van der Waals surface area contributed by atoms with E-state index in [1.807, 2.05) is 17.8 Å². The minimum atomic E-state index is -0.178. The first-order valence-electron chi connectivity index (χ1n) is 4.42. The lowest BCUT2D eigenvalue weighted by Gasteiger charge is -2.03. The van der Waals surface area contributed by atoms with Crippen LogP contribution in [0.5, 0.6) is 0 Å². The fourth-order valence-corrected chi connectivity index (χ4v) is 1.43. The molecule has 2 rings (SSSR count). The Hall–Kier alpha value is -1.64. The Morgan fingerprint density at radius 3 is 2.71 bits per heavy atom. The summed E-state index contributed by atoms with van der Waals surface area (Å²) in [6.45, 7) is 1.75. The number of benzene rings is 1. The summed E-state index contributed by atoms with van der Waals surface area (Å²) in [5.74, 6) is 0.677. The number of hydrogen-bond donors (Lipinski definition) is 0. The fraction of sp³-hybridized carbons (Fsp3) is 0.182. The van der Waals surface area contributed by atoms with Crippen LogP contribution in [0.15, 0.2) is 30.6 Å². The van der Waals surface area contributed by atoms with E-state index in [0.29, 0.717) is 5.56 Å². The molecule has 0 saturated heterocycles. The quantitative estimate of drug-likeness (QED) is 0.675. The molecule has 3 heteroatoms. The van der Waals surface area contributed by atoms with Gasteiger partial charge in [-0.1, -0.05) is 0 Å². The highest BCUT2D eigenvalue weighted by Gasteiger charge is 2.04. The van der Waals surface area contributed by atoms with Gasteiger partial charge >= 0.3 is 0 Å². The molecule has 0 saturated carbocycles. The van der Waals surface area contributed by atoms with Gasteiger partial charge in [-0.2, -0.15) is 0 Å². The molecule has 0 radical (unpaired) electrons. The average molecular weight is 190 g/mol. The number of aryl methyl sites for hydroxylation is 2. The highest BCUT2D eigenvalue weighted by molar-refractivity contribution is 5.56. The van der Waals surface area contributed by atoms with Crippen molar-refractivity contribution in [3.63, 3.8) is 0 Å². The van der Waals surface area contributed by atoms with Crippen molar-refractivity contribution < 1.29 is 4.39 Å². The van der Waals surface area contributed by atoms with E-state index in [1.165, 1.54) is 6.07 Å². The van der Waals surface area contributed by atoms with Crippen LogP contribution in [0.25, 0.3) is 11.4 Å². The molecule has 0 aliphatic carbocycles. The monoisotopic (exact) mass is 190 g/mol. The van der Waals surface area contributed by atoms with E-state index in [1.54, 1.807) is 25.3 Å². The van der Waals surface area contributed by atoms with Crippen molar-refractivity contribution in [2.45, 2.75) is 6.92 Å². The van der Waals surface area contributed by atoms with Crippen molar-refractivity contribution in [2.24, 2.45) is 7.05 Å². The number of rotatable bonds is 1. The van der Waals surface area contributed by atoms with Crippen LogP contribution in [-0.4, -0.2) is 9.55 Å². The zero-order valence-electron chi connectivity index (χ0n) is 8.16. The number of aromatic nitrogens is 2. The molecule has 0 atom stereocenters. The molecule has 0 aliphatic heterocycles. The van der Waals surface area contributed by atoms with Crippen LogP contribution in [-0.2, 0) is 7.05 Å². The van der Waals surface area contributed by atoms with Gasteiger partial charge in [-0.3, -0.25) is 0 Å². The summed E-state index contributed by atoms with van der Waals surface area (Å²) in [6.07, 6.45) is 3.60. The Labute approximate surface area is 82.0 Å². The van der Waals surface area contributed by atoms with Gasteiger partial charge in [-0.15, -0.1) is 0 Å². The molecule has 0 fully saturated rings. The molecule has 0 amide bonds. The van der Waals surface area contributed by atoms with E-state index in [2.05, 4.69) is 4.98 Å². The zero-order chi connectivity index (χ0) is 10.1. The van der Waals surface area contributed by atoms with E-state index in [9.17, 15) is 4.39 Å². The number of hydrogen-bond acceptors (Lipinski definition) is 1. The summed E-state index contributed by atoms with van der Waals surface area (Å²) >= 11 is 0. The van der Waals surface area contributed by atoms with Crippen LogP contribution in [0.4, 0.5) is 4.39 Å². The van der Waals surface area contributed by atoms with E-state index in [-0.39, 0.29) is 5.82 Å². The average Bonchev–Trinajstić information content (AvgIpc) is 2.57. The predicted octanol–water partition coefficient (Wildman–Crippen LogP) is 2.53. The normalized spacial score (nSPS) is 10.5. The smallest absolute Gasteiger partial charge is 0.139 e. The largest absolute Gasteiger partial charge is 0.334 e. The minimum absolute atomic E-state index is 0.178. The molecular formula is C11H11FN2. The second-order valence-corrected chi connectivity index (χ2v) is 3.33. The molecule has 14 heavy (non-hydrogen) atoms. The Kier molecular flexibility index (Phi) is 2.08. The first kappa shape index (κ1) is 8.94. The maximum absolute atomic E-state index is 13.0. The molecule has 1 aromatic carbocycles. The van der Waals surface area contributed by atoms with Crippen LogP contribution in [0, 0.1) is 12.7 Å². The Balaban J connectivity index is 2.53. The molecular weight excluding hydrogens is 179 g/mol. The van der Waals surface area contributed by atoms with Gasteiger partial charge in [-0.05, 0) is 30.7 Å². The molecule has 0 spiro atoms. The van der Waals surface area contributed by atoms with Gasteiger partial charge in [0.25, 0.3) is 0 Å². The third-order valence-corrected chi connectivity index (χ3v) is 2.24. The number of imidazole rings is 1. The van der Waals surface area contributed by atoms with Crippen molar-refractivity contribution >= 4 is 0 Å². The first-order valence-corrected chi connectivity index (χ1v) is 4.42. The van der Waals surface area contributed by atoms with Crippen LogP contribution in [0.3, 0.4) is 0 Å². The molecule has 2 nitrogen and oxygen atoms in total. The van der Waals surface area contributed by atoms with Gasteiger partial charge in [0, 0.05) is 25.0 Å². The van der Waals surface area contributed by atoms with Gasteiger partial charge in [0.1, 0.15) is 11.6 Å². The van der Waals surface area contributed by atoms with Gasteiger partial charge < -0.3 is 4.57 Å². The minimum Gasteiger partial charge on any atom is -0.334 e. The summed E-state index contributed by atoms with van der Waals surface area (Å²) in [6, 6.07) is 5.02. The number of halogens is 1. The Bertz CT molecular complexity index is 460. The van der Waals surface area contributed by atoms with Crippen molar-refractivity contribution in [3.8, 4) is 11.4 Å². The highest BCUT2D eigenvalue weighted by Crippen LogP contribution is 2.19. The summed E-state index contributed by atoms with van der Waals surface area (Å²) in [5, 5.41) is 0. The van der Waals surface area contributed by atoms with Crippen molar-refractivity contribution in [1.29, 1.82) is 0 Å². The van der Waals surface area contributed by atoms with Crippen molar-refractivity contribution in [2.75, 3.05) is 0 Å². The third-order valence-electron chi connectivity index (χ3n) is 2.24. The van der Waals surface area contributed by atoms with Crippen LogP contribution in [0.1, 0.15) is 5.56 Å². The van der Waals surface area contributed by atoms with Crippen LogP contribution < -0.4 is 0 Å². The maximum Gasteiger partial charge on any atom is 0.139 e. The van der Waals surface area contributed by atoms with Crippen LogP contribution >= 0.6 is 0 Å². The van der Waals surface area contributed by atoms with Crippen LogP contribution in [0.2, 0.25) is 0 Å². The van der Waals surface area contributed by atoms with Gasteiger partial charge in [0.15, 0.2) is 0 Å². The molecule has 72 valence electrons. The molecule has 0 unspecified atom stereocenters. The Morgan fingerprint density at radius 1 is 1.36 bits per heavy atom. The second kappa shape index (κ2) is 3.25. The molecule has 0 N–H and O–H groups in total. The lowest BCUT2D eigenvalue weighted by atomic mass is 10.1. The maximum atomic E-state index is 13.0. The lowest BCUT2D eigenvalue weighted by molar-refractivity contribution is 0.618. The second-order valence-electron chi connectivity index (χ2n) is 3.33. The van der Waals surface area contributed by atoms with E-state index >= 15 is 0 Å². The van der Waals surface area contributed by atoms with E-state index < -0.39 is 0 Å². The summed E-state index contributed by atoms with van der Waals surface area (Å²) < 4.78 is 14.9. The van der Waals surface area contributed by atoms with E-state index in [4.69, 9.17) is 0 Å². The highest BCUT2D eigenvalue weighted by atomic mass is 19.1. The summed E-state index contributed by atoms with van der Waals surface area (Å²) in [5.41, 5.74) is 1.59. The number of nitrogens with zero attached hydrogens (tertiary/aromatic N) is 2. The summed E-state index contributed by atoms with van der Waals surface area (Å²) in [7, 11) is 1.92. The molecule has 0 aliphatic rings. The topological polar surface area (TPSA) is 17.8 Å². The van der Waals surface area contributed by atoms with Crippen molar-refractivity contribution in [1.82, 2.24) is 9.55 Å². The van der Waals surface area contributed by atoms with E-state index in [0.717, 1.165) is 11.4 Å². The molecule has 1 heterocycles. The van der Waals surface area contributed by atoms with Gasteiger partial charge in [-0.25, -0.2) is 9.37 Å². The SMILES string of the molecule is Cc1cc(-c2nccn2C)ccc1F. The zero-order valence-corrected chi connectivity index (χ0v) is 8.16. The first-order chi connectivity index (χ1) is 6.68. The summed E-state index contributed by atoms with van der Waals surface area (Å²) in [4.78, 5) is 4.20. The predicted molar refractivity (Wildman–Crippen MR) is 53.3 cm³/mol. The Morgan fingerprint density at radius 2 is 2.14 bits per heavy atom. The fourth-order valence-electron chi connectivity index (χ4n) is 1.43. The molecule has 1 aromatic heterocycles. The molecule has 0 bridgehead atoms.